The van der Waals surface area contributed by atoms with Crippen LogP contribution in [0.1, 0.15) is 5.69 Å². The Morgan fingerprint density at radius 1 is 1.12 bits per heavy atom. The van der Waals surface area contributed by atoms with Gasteiger partial charge in [0.05, 0.1) is 9.26 Å². The molecule has 0 aliphatic rings. The Bertz CT molecular complexity index is 634. The van der Waals surface area contributed by atoms with Gasteiger partial charge in [-0.25, -0.2) is 9.36 Å². The predicted molar refractivity (Wildman–Crippen MR) is 74.7 cm³/mol. The Labute approximate surface area is 112 Å². The normalized spacial score (nSPS) is 10.5. The molecule has 5 heteroatoms. The third kappa shape index (κ3) is 1.95. The quantitative estimate of drug-likeness (QED) is 0.737. The summed E-state index contributed by atoms with van der Waals surface area (Å²) in [7, 11) is 1.67. The van der Waals surface area contributed by atoms with E-state index in [1.807, 2.05) is 28.7 Å². The second kappa shape index (κ2) is 4.48. The molecule has 0 radical (unpaired) electrons. The SMILES string of the molecule is Cc1c(I)c(=O)n(-c2ccccc2)c(=O)n1C. The smallest absolute Gasteiger partial charge is 0.300 e. The topological polar surface area (TPSA) is 44.0 Å². The predicted octanol–water partition coefficient (Wildman–Crippen LogP) is 1.45. The Morgan fingerprint density at radius 3 is 2.29 bits per heavy atom. The van der Waals surface area contributed by atoms with Gasteiger partial charge >= 0.3 is 5.69 Å². The van der Waals surface area contributed by atoms with E-state index in [2.05, 4.69) is 0 Å². The van der Waals surface area contributed by atoms with Gasteiger partial charge in [-0.2, -0.15) is 0 Å². The van der Waals surface area contributed by atoms with Crippen LogP contribution in [-0.4, -0.2) is 9.13 Å². The van der Waals surface area contributed by atoms with Crippen LogP contribution in [0.4, 0.5) is 0 Å². The number of halogens is 1. The highest BCUT2D eigenvalue weighted by Crippen LogP contribution is 2.06. The lowest BCUT2D eigenvalue weighted by Crippen LogP contribution is -2.40. The van der Waals surface area contributed by atoms with Gasteiger partial charge < -0.3 is 0 Å². The fraction of sp³-hybridized carbons (Fsp3) is 0.167. The van der Waals surface area contributed by atoms with E-state index in [0.717, 1.165) is 0 Å². The summed E-state index contributed by atoms with van der Waals surface area (Å²) in [6, 6.07) is 8.93. The first kappa shape index (κ1) is 12.1. The summed E-state index contributed by atoms with van der Waals surface area (Å²) in [5.74, 6) is 0. The molecular formula is C12H11IN2O2. The molecule has 0 N–H and O–H groups in total. The van der Waals surface area contributed by atoms with Crippen LogP contribution in [0, 0.1) is 10.5 Å². The molecule has 0 atom stereocenters. The van der Waals surface area contributed by atoms with Crippen molar-refractivity contribution in [2.75, 3.05) is 0 Å². The Morgan fingerprint density at radius 2 is 1.71 bits per heavy atom. The lowest BCUT2D eigenvalue weighted by molar-refractivity contribution is 0.705. The molecule has 88 valence electrons. The third-order valence-electron chi connectivity index (χ3n) is 2.70. The number of nitrogens with zero attached hydrogens (tertiary/aromatic N) is 2. The van der Waals surface area contributed by atoms with E-state index in [4.69, 9.17) is 0 Å². The molecule has 2 rings (SSSR count). The van der Waals surface area contributed by atoms with E-state index >= 15 is 0 Å². The molecule has 0 aliphatic carbocycles. The second-order valence-corrected chi connectivity index (χ2v) is 4.80. The summed E-state index contributed by atoms with van der Waals surface area (Å²) >= 11 is 1.97. The van der Waals surface area contributed by atoms with Gasteiger partial charge in [0.15, 0.2) is 0 Å². The summed E-state index contributed by atoms with van der Waals surface area (Å²) < 4.78 is 3.24. The van der Waals surface area contributed by atoms with E-state index in [1.54, 1.807) is 38.2 Å². The number of hydrogen-bond donors (Lipinski definition) is 0. The van der Waals surface area contributed by atoms with Crippen LogP contribution >= 0.6 is 22.6 Å². The molecule has 0 unspecified atom stereocenters. The van der Waals surface area contributed by atoms with Gasteiger partial charge in [0, 0.05) is 12.7 Å². The number of hydrogen-bond acceptors (Lipinski definition) is 2. The third-order valence-corrected chi connectivity index (χ3v) is 3.95. The molecule has 1 aromatic carbocycles. The van der Waals surface area contributed by atoms with Gasteiger partial charge in [-0.15, -0.1) is 0 Å². The van der Waals surface area contributed by atoms with Crippen molar-refractivity contribution < 1.29 is 0 Å². The van der Waals surface area contributed by atoms with Gasteiger partial charge in [-0.1, -0.05) is 18.2 Å². The first-order chi connectivity index (χ1) is 8.04. The van der Waals surface area contributed by atoms with Crippen LogP contribution in [-0.2, 0) is 7.05 Å². The Hall–Kier alpha value is -1.37. The molecule has 4 nitrogen and oxygen atoms in total. The van der Waals surface area contributed by atoms with Crippen molar-refractivity contribution in [2.45, 2.75) is 6.92 Å². The largest absolute Gasteiger partial charge is 0.335 e. The van der Waals surface area contributed by atoms with Crippen molar-refractivity contribution in [1.82, 2.24) is 9.13 Å². The molecule has 0 amide bonds. The van der Waals surface area contributed by atoms with Crippen LogP contribution in [0.15, 0.2) is 39.9 Å². The highest BCUT2D eigenvalue weighted by Gasteiger charge is 2.12. The number of para-hydroxylation sites is 1. The van der Waals surface area contributed by atoms with E-state index < -0.39 is 0 Å². The lowest BCUT2D eigenvalue weighted by atomic mass is 10.3. The van der Waals surface area contributed by atoms with Gasteiger partial charge in [-0.3, -0.25) is 9.36 Å². The minimum Gasteiger partial charge on any atom is -0.300 e. The summed E-state index contributed by atoms with van der Waals surface area (Å²) in [6.07, 6.45) is 0. The average Bonchev–Trinajstić information content (AvgIpc) is 2.36. The summed E-state index contributed by atoms with van der Waals surface area (Å²) in [5, 5.41) is 0. The maximum absolute atomic E-state index is 12.1. The van der Waals surface area contributed by atoms with Crippen molar-refractivity contribution in [3.63, 3.8) is 0 Å². The highest BCUT2D eigenvalue weighted by atomic mass is 127. The molecule has 1 aromatic heterocycles. The Balaban J connectivity index is 2.90. The molecule has 0 spiro atoms. The number of aromatic nitrogens is 2. The molecule has 17 heavy (non-hydrogen) atoms. The number of rotatable bonds is 1. The van der Waals surface area contributed by atoms with E-state index in [-0.39, 0.29) is 11.2 Å². The van der Waals surface area contributed by atoms with Crippen LogP contribution in [0.5, 0.6) is 0 Å². The van der Waals surface area contributed by atoms with Gasteiger partial charge in [0.1, 0.15) is 0 Å². The fourth-order valence-corrected chi connectivity index (χ4v) is 2.19. The van der Waals surface area contributed by atoms with Crippen molar-refractivity contribution in [1.29, 1.82) is 0 Å². The molecule has 0 aliphatic heterocycles. The number of benzene rings is 1. The van der Waals surface area contributed by atoms with Gasteiger partial charge in [-0.05, 0) is 41.6 Å². The van der Waals surface area contributed by atoms with E-state index in [9.17, 15) is 9.59 Å². The zero-order valence-electron chi connectivity index (χ0n) is 9.48. The minimum atomic E-state index is -0.320. The highest BCUT2D eigenvalue weighted by molar-refractivity contribution is 14.1. The maximum Gasteiger partial charge on any atom is 0.335 e. The summed E-state index contributed by atoms with van der Waals surface area (Å²) in [5.41, 5.74) is 0.695. The molecule has 0 saturated heterocycles. The zero-order chi connectivity index (χ0) is 12.6. The monoisotopic (exact) mass is 342 g/mol. The van der Waals surface area contributed by atoms with Gasteiger partial charge in [0.2, 0.25) is 0 Å². The van der Waals surface area contributed by atoms with E-state index in [1.165, 1.54) is 9.13 Å². The maximum atomic E-state index is 12.1. The zero-order valence-corrected chi connectivity index (χ0v) is 11.6. The van der Waals surface area contributed by atoms with Crippen molar-refractivity contribution in [2.24, 2.45) is 7.05 Å². The first-order valence-electron chi connectivity index (χ1n) is 5.07. The van der Waals surface area contributed by atoms with Crippen molar-refractivity contribution in [3.05, 3.63) is 60.4 Å². The van der Waals surface area contributed by atoms with Crippen LogP contribution in [0.2, 0.25) is 0 Å². The lowest BCUT2D eigenvalue weighted by Gasteiger charge is -2.10. The molecule has 1 heterocycles. The minimum absolute atomic E-state index is 0.266. The summed E-state index contributed by atoms with van der Waals surface area (Å²) in [6.45, 7) is 1.76. The average molecular weight is 342 g/mol. The standard InChI is InChI=1S/C12H11IN2O2/c1-8-10(13)11(16)15(12(17)14(8)2)9-6-4-3-5-7-9/h3-7H,1-2H3. The second-order valence-electron chi connectivity index (χ2n) is 3.72. The summed E-state index contributed by atoms with van der Waals surface area (Å²) in [4.78, 5) is 24.2. The molecular weight excluding hydrogens is 331 g/mol. The molecule has 0 fully saturated rings. The van der Waals surface area contributed by atoms with Crippen molar-refractivity contribution in [3.8, 4) is 5.69 Å². The molecule has 0 bridgehead atoms. The Kier molecular flexibility index (Phi) is 3.19. The van der Waals surface area contributed by atoms with Crippen LogP contribution in [0.3, 0.4) is 0 Å². The van der Waals surface area contributed by atoms with Gasteiger partial charge in [0.25, 0.3) is 5.56 Å². The van der Waals surface area contributed by atoms with Crippen molar-refractivity contribution >= 4 is 22.6 Å². The first-order valence-corrected chi connectivity index (χ1v) is 6.15. The van der Waals surface area contributed by atoms with E-state index in [0.29, 0.717) is 15.0 Å². The van der Waals surface area contributed by atoms with Crippen LogP contribution in [0.25, 0.3) is 5.69 Å². The molecule has 2 aromatic rings. The fourth-order valence-electron chi connectivity index (χ4n) is 1.59. The molecule has 0 saturated carbocycles. The van der Waals surface area contributed by atoms with Crippen LogP contribution < -0.4 is 11.2 Å².